The van der Waals surface area contributed by atoms with Gasteiger partial charge in [-0.1, -0.05) is 32.4 Å². The number of esters is 1. The molecule has 0 atom stereocenters. The maximum absolute atomic E-state index is 12.2. The molecular formula is C19H28ClN3O2S. The first-order valence-corrected chi connectivity index (χ1v) is 11.2. The number of hydrogen-bond acceptors (Lipinski definition) is 4. The van der Waals surface area contributed by atoms with E-state index in [2.05, 4.69) is 38.3 Å². The Morgan fingerprint density at radius 1 is 1.12 bits per heavy atom. The number of hydrogen-bond donors (Lipinski definition) is 0. The highest BCUT2D eigenvalue weighted by Crippen LogP contribution is 2.58. The summed E-state index contributed by atoms with van der Waals surface area (Å²) in [5.74, 6) is 0.0821. The summed E-state index contributed by atoms with van der Waals surface area (Å²) < 4.78 is 7.19. The number of nitrogens with zero attached hydrogens (tertiary/aromatic N) is 3. The van der Waals surface area contributed by atoms with E-state index in [1.165, 1.54) is 0 Å². The molecule has 0 aliphatic rings. The van der Waals surface area contributed by atoms with Crippen LogP contribution < -0.4 is 0 Å². The van der Waals surface area contributed by atoms with Crippen LogP contribution in [0.4, 0.5) is 0 Å². The second-order valence-electron chi connectivity index (χ2n) is 8.55. The predicted molar refractivity (Wildman–Crippen MR) is 109 cm³/mol. The van der Waals surface area contributed by atoms with Crippen molar-refractivity contribution in [2.45, 2.75) is 56.9 Å². The van der Waals surface area contributed by atoms with Crippen LogP contribution >= 0.6 is 21.6 Å². The van der Waals surface area contributed by atoms with Crippen LogP contribution in [0.25, 0.3) is 5.82 Å². The normalized spacial score (nSPS) is 13.6. The SMILES string of the molecule is CC(C)(C)OC(=O)c1ccc(-n2ccc(S(C)(C)C(C)(C)C)n2)nc1Cl. The first-order chi connectivity index (χ1) is 11.7. The summed E-state index contributed by atoms with van der Waals surface area (Å²) >= 11 is 6.22. The van der Waals surface area contributed by atoms with Gasteiger partial charge in [0.2, 0.25) is 0 Å². The lowest BCUT2D eigenvalue weighted by atomic mass is 10.2. The van der Waals surface area contributed by atoms with Crippen LogP contribution in [-0.4, -0.2) is 43.6 Å². The van der Waals surface area contributed by atoms with E-state index in [0.29, 0.717) is 5.82 Å². The van der Waals surface area contributed by atoms with E-state index in [9.17, 15) is 4.79 Å². The third-order valence-electron chi connectivity index (χ3n) is 4.31. The van der Waals surface area contributed by atoms with Crippen molar-refractivity contribution in [1.82, 2.24) is 14.8 Å². The summed E-state index contributed by atoms with van der Waals surface area (Å²) in [5, 5.41) is 5.87. The van der Waals surface area contributed by atoms with Crippen molar-refractivity contribution in [2.75, 3.05) is 12.5 Å². The molecule has 5 nitrogen and oxygen atoms in total. The van der Waals surface area contributed by atoms with Crippen molar-refractivity contribution in [1.29, 1.82) is 0 Å². The molecule has 144 valence electrons. The summed E-state index contributed by atoms with van der Waals surface area (Å²) in [7, 11) is -1.08. The van der Waals surface area contributed by atoms with Gasteiger partial charge >= 0.3 is 5.97 Å². The van der Waals surface area contributed by atoms with E-state index in [-0.39, 0.29) is 15.5 Å². The van der Waals surface area contributed by atoms with E-state index in [1.54, 1.807) is 16.8 Å². The maximum Gasteiger partial charge on any atom is 0.341 e. The summed E-state index contributed by atoms with van der Waals surface area (Å²) in [6, 6.07) is 5.38. The van der Waals surface area contributed by atoms with Crippen molar-refractivity contribution < 1.29 is 9.53 Å². The lowest BCUT2D eigenvalue weighted by Gasteiger charge is -2.42. The molecule has 0 saturated heterocycles. The third kappa shape index (κ3) is 4.41. The molecule has 0 spiro atoms. The van der Waals surface area contributed by atoms with Crippen LogP contribution in [0.2, 0.25) is 5.15 Å². The molecule has 0 saturated carbocycles. The average Bonchev–Trinajstić information content (AvgIpc) is 2.94. The van der Waals surface area contributed by atoms with Gasteiger partial charge in [-0.2, -0.15) is 15.1 Å². The van der Waals surface area contributed by atoms with E-state index in [4.69, 9.17) is 21.4 Å². The van der Waals surface area contributed by atoms with Crippen molar-refractivity contribution in [3.8, 4) is 5.82 Å². The number of aromatic nitrogens is 3. The molecule has 0 aromatic carbocycles. The molecule has 0 radical (unpaired) electrons. The van der Waals surface area contributed by atoms with Gasteiger partial charge in [0.05, 0.1) is 5.56 Å². The quantitative estimate of drug-likeness (QED) is 0.534. The average molecular weight is 398 g/mol. The van der Waals surface area contributed by atoms with Crippen molar-refractivity contribution in [3.05, 3.63) is 35.1 Å². The fourth-order valence-corrected chi connectivity index (χ4v) is 3.61. The van der Waals surface area contributed by atoms with Gasteiger partial charge in [-0.25, -0.2) is 14.5 Å². The standard InChI is InChI=1S/C19H28ClN3O2S/c1-18(2,3)25-17(24)13-9-10-14(21-16(13)20)23-12-11-15(22-23)26(7,8)19(4,5)6/h9-12H,1-8H3. The minimum absolute atomic E-state index is 0.108. The highest BCUT2D eigenvalue weighted by molar-refractivity contribution is 8.33. The van der Waals surface area contributed by atoms with Gasteiger partial charge in [0.15, 0.2) is 5.82 Å². The Kier molecular flexibility index (Phi) is 5.51. The Morgan fingerprint density at radius 3 is 2.23 bits per heavy atom. The van der Waals surface area contributed by atoms with Crippen LogP contribution in [0, 0.1) is 0 Å². The first-order valence-electron chi connectivity index (χ1n) is 8.41. The summed E-state index contributed by atoms with van der Waals surface area (Å²) in [4.78, 5) is 16.5. The van der Waals surface area contributed by atoms with Gasteiger partial charge in [-0.3, -0.25) is 0 Å². The van der Waals surface area contributed by atoms with E-state index < -0.39 is 21.6 Å². The minimum Gasteiger partial charge on any atom is -0.456 e. The Bertz CT molecular complexity index is 817. The monoisotopic (exact) mass is 397 g/mol. The molecule has 0 amide bonds. The van der Waals surface area contributed by atoms with Gasteiger partial charge in [0, 0.05) is 6.20 Å². The predicted octanol–water partition coefficient (Wildman–Crippen LogP) is 5.10. The Balaban J connectivity index is 2.32. The summed E-state index contributed by atoms with van der Waals surface area (Å²) in [6.45, 7) is 12.1. The van der Waals surface area contributed by atoms with Crippen molar-refractivity contribution >= 4 is 27.6 Å². The van der Waals surface area contributed by atoms with Crippen LogP contribution in [0.3, 0.4) is 0 Å². The molecule has 2 aromatic heterocycles. The van der Waals surface area contributed by atoms with Crippen molar-refractivity contribution in [3.63, 3.8) is 0 Å². The zero-order valence-corrected chi connectivity index (χ0v) is 18.3. The second-order valence-corrected chi connectivity index (χ2v) is 13.2. The summed E-state index contributed by atoms with van der Waals surface area (Å²) in [5.41, 5.74) is -0.338. The molecule has 0 aliphatic carbocycles. The molecule has 0 N–H and O–H groups in total. The molecule has 7 heteroatoms. The number of carbonyl (C=O) groups excluding carboxylic acids is 1. The first kappa shape index (κ1) is 20.8. The molecule has 0 aliphatic heterocycles. The zero-order valence-electron chi connectivity index (χ0n) is 16.8. The lowest BCUT2D eigenvalue weighted by molar-refractivity contribution is 0.00693. The lowest BCUT2D eigenvalue weighted by Crippen LogP contribution is -2.24. The fourth-order valence-electron chi connectivity index (χ4n) is 2.06. The third-order valence-corrected chi connectivity index (χ3v) is 8.92. The van der Waals surface area contributed by atoms with Crippen molar-refractivity contribution in [2.24, 2.45) is 0 Å². The topological polar surface area (TPSA) is 57.0 Å². The van der Waals surface area contributed by atoms with Gasteiger partial charge in [0.25, 0.3) is 0 Å². The maximum atomic E-state index is 12.2. The smallest absolute Gasteiger partial charge is 0.341 e. The number of carbonyl (C=O) groups is 1. The molecule has 2 aromatic rings. The van der Waals surface area contributed by atoms with Crippen LogP contribution in [-0.2, 0) is 4.74 Å². The zero-order chi connectivity index (χ0) is 19.9. The highest BCUT2D eigenvalue weighted by Gasteiger charge is 2.31. The van der Waals surface area contributed by atoms with Gasteiger partial charge < -0.3 is 4.74 Å². The molecule has 2 rings (SSSR count). The van der Waals surface area contributed by atoms with E-state index >= 15 is 0 Å². The van der Waals surface area contributed by atoms with Gasteiger partial charge in [-0.15, -0.1) is 0 Å². The Hall–Kier alpha value is -1.53. The molecular weight excluding hydrogens is 370 g/mol. The molecule has 0 unspecified atom stereocenters. The number of pyridine rings is 1. The number of rotatable bonds is 3. The molecule has 0 fully saturated rings. The minimum atomic E-state index is -1.08. The number of halogens is 1. The van der Waals surface area contributed by atoms with Crippen LogP contribution in [0.5, 0.6) is 0 Å². The van der Waals surface area contributed by atoms with Crippen LogP contribution in [0.1, 0.15) is 51.9 Å². The molecule has 0 bridgehead atoms. The number of ether oxygens (including phenoxy) is 1. The summed E-state index contributed by atoms with van der Waals surface area (Å²) in [6.07, 6.45) is 6.39. The Morgan fingerprint density at radius 2 is 1.73 bits per heavy atom. The molecule has 26 heavy (non-hydrogen) atoms. The molecule has 2 heterocycles. The van der Waals surface area contributed by atoms with E-state index in [1.807, 2.05) is 33.0 Å². The second kappa shape index (κ2) is 6.89. The van der Waals surface area contributed by atoms with Gasteiger partial charge in [0.1, 0.15) is 15.8 Å². The largest absolute Gasteiger partial charge is 0.456 e. The Labute approximate surface area is 162 Å². The fraction of sp³-hybridized carbons (Fsp3) is 0.526. The van der Waals surface area contributed by atoms with Crippen LogP contribution in [0.15, 0.2) is 29.4 Å². The van der Waals surface area contributed by atoms with E-state index in [0.717, 1.165) is 5.03 Å². The highest BCUT2D eigenvalue weighted by atomic mass is 35.5. The van der Waals surface area contributed by atoms with Gasteiger partial charge in [-0.05, 0) is 56.2 Å².